The maximum absolute atomic E-state index is 4.56. The quantitative estimate of drug-likeness (QED) is 0.298. The predicted octanol–water partition coefficient (Wildman–Crippen LogP) is 7.18. The third kappa shape index (κ3) is 3.70. The summed E-state index contributed by atoms with van der Waals surface area (Å²) in [5.41, 5.74) is 5.42. The van der Waals surface area contributed by atoms with E-state index in [9.17, 15) is 0 Å². The summed E-state index contributed by atoms with van der Waals surface area (Å²) in [5, 5.41) is 11.1. The summed E-state index contributed by atoms with van der Waals surface area (Å²) in [4.78, 5) is 3.49. The number of thioether (sulfide) groups is 1. The molecule has 1 heterocycles. The fraction of sp³-hybridized carbons (Fsp3) is 0.0909. The topological polar surface area (TPSA) is 40.5 Å². The van der Waals surface area contributed by atoms with E-state index >= 15 is 0 Å². The largest absolute Gasteiger partial charge is 0.348 e. The number of rotatable bonds is 5. The molecule has 1 aromatic heterocycles. The van der Waals surface area contributed by atoms with Gasteiger partial charge in [-0.3, -0.25) is 0 Å². The first kappa shape index (κ1) is 16.6. The molecule has 26 heavy (non-hydrogen) atoms. The molecule has 0 saturated carbocycles. The van der Waals surface area contributed by atoms with Crippen molar-refractivity contribution < 1.29 is 0 Å². The smallest absolute Gasteiger partial charge is 0.125 e. The van der Waals surface area contributed by atoms with Crippen LogP contribution in [0, 0.1) is 6.92 Å². The lowest BCUT2D eigenvalue weighted by molar-refractivity contribution is 1.15. The van der Waals surface area contributed by atoms with Crippen molar-refractivity contribution >= 4 is 34.0 Å². The molecule has 3 nitrogen and oxygen atoms in total. The Labute approximate surface area is 157 Å². The van der Waals surface area contributed by atoms with Crippen molar-refractivity contribution in [1.29, 1.82) is 0 Å². The highest BCUT2D eigenvalue weighted by molar-refractivity contribution is 7.98. The maximum atomic E-state index is 4.56. The first-order chi connectivity index (χ1) is 12.8. The second-order valence-electron chi connectivity index (χ2n) is 6.16. The predicted molar refractivity (Wildman–Crippen MR) is 110 cm³/mol. The van der Waals surface area contributed by atoms with Crippen LogP contribution in [0.4, 0.5) is 11.4 Å². The van der Waals surface area contributed by atoms with Crippen molar-refractivity contribution in [2.24, 2.45) is 10.2 Å². The van der Waals surface area contributed by atoms with Gasteiger partial charge in [-0.05, 0) is 30.7 Å². The molecule has 0 fully saturated rings. The zero-order valence-electron chi connectivity index (χ0n) is 14.5. The number of H-pyrrole nitrogens is 1. The van der Waals surface area contributed by atoms with Gasteiger partial charge < -0.3 is 4.98 Å². The lowest BCUT2D eigenvalue weighted by atomic mass is 10.2. The summed E-state index contributed by atoms with van der Waals surface area (Å²) in [6.45, 7) is 2.11. The molecule has 128 valence electrons. The van der Waals surface area contributed by atoms with E-state index in [4.69, 9.17) is 0 Å². The van der Waals surface area contributed by atoms with E-state index in [0.717, 1.165) is 33.1 Å². The molecule has 0 saturated heterocycles. The average Bonchev–Trinajstić information content (AvgIpc) is 3.04. The number of aromatic amines is 1. The standard InChI is InChI=1S/C22H19N3S/c1-16-11-13-17(14-12-16)15-26-22-21(19-9-5-6-10-20(19)23-22)25-24-18-7-3-2-4-8-18/h2-14,23H,15H2,1H3. The molecular formula is C22H19N3S. The molecule has 0 atom stereocenters. The molecule has 4 rings (SSSR count). The van der Waals surface area contributed by atoms with Gasteiger partial charge in [0.1, 0.15) is 10.7 Å². The van der Waals surface area contributed by atoms with Crippen LogP contribution in [0.25, 0.3) is 10.9 Å². The Morgan fingerprint density at radius 2 is 1.54 bits per heavy atom. The fourth-order valence-corrected chi connectivity index (χ4v) is 3.72. The van der Waals surface area contributed by atoms with Gasteiger partial charge in [-0.15, -0.1) is 16.9 Å². The highest BCUT2D eigenvalue weighted by atomic mass is 32.2. The number of hydrogen-bond acceptors (Lipinski definition) is 3. The Morgan fingerprint density at radius 3 is 2.35 bits per heavy atom. The first-order valence-electron chi connectivity index (χ1n) is 8.55. The van der Waals surface area contributed by atoms with Crippen LogP contribution in [0.2, 0.25) is 0 Å². The number of aromatic nitrogens is 1. The number of nitrogens with zero attached hydrogens (tertiary/aromatic N) is 2. The summed E-state index contributed by atoms with van der Waals surface area (Å²) < 4.78 is 0. The molecule has 0 radical (unpaired) electrons. The zero-order valence-corrected chi connectivity index (χ0v) is 15.3. The van der Waals surface area contributed by atoms with Crippen LogP contribution in [0.1, 0.15) is 11.1 Å². The molecule has 4 heteroatoms. The average molecular weight is 357 g/mol. The second kappa shape index (κ2) is 7.58. The molecule has 4 aromatic rings. The number of fused-ring (bicyclic) bond motifs is 1. The van der Waals surface area contributed by atoms with Crippen LogP contribution >= 0.6 is 11.8 Å². The lowest BCUT2D eigenvalue weighted by Crippen LogP contribution is -1.81. The lowest BCUT2D eigenvalue weighted by Gasteiger charge is -2.02. The number of azo groups is 1. The fourth-order valence-electron chi connectivity index (χ4n) is 2.75. The van der Waals surface area contributed by atoms with Crippen LogP contribution in [0.5, 0.6) is 0 Å². The molecule has 0 aliphatic rings. The molecule has 3 aromatic carbocycles. The van der Waals surface area contributed by atoms with E-state index < -0.39 is 0 Å². The van der Waals surface area contributed by atoms with Gasteiger partial charge in [0.25, 0.3) is 0 Å². The van der Waals surface area contributed by atoms with Crippen molar-refractivity contribution in [2.45, 2.75) is 17.7 Å². The van der Waals surface area contributed by atoms with Crippen molar-refractivity contribution in [3.8, 4) is 0 Å². The van der Waals surface area contributed by atoms with E-state index in [2.05, 4.69) is 58.5 Å². The second-order valence-corrected chi connectivity index (χ2v) is 7.14. The molecular weight excluding hydrogens is 338 g/mol. The Balaban J connectivity index is 1.65. The SMILES string of the molecule is Cc1ccc(CSc2[nH]c3ccccc3c2N=Nc2ccccc2)cc1. The van der Waals surface area contributed by atoms with E-state index in [1.807, 2.05) is 42.5 Å². The van der Waals surface area contributed by atoms with Gasteiger partial charge >= 0.3 is 0 Å². The van der Waals surface area contributed by atoms with Crippen LogP contribution in [-0.4, -0.2) is 4.98 Å². The highest BCUT2D eigenvalue weighted by Gasteiger charge is 2.11. The van der Waals surface area contributed by atoms with Crippen molar-refractivity contribution in [1.82, 2.24) is 4.98 Å². The maximum Gasteiger partial charge on any atom is 0.125 e. The summed E-state index contributed by atoms with van der Waals surface area (Å²) in [6, 6.07) is 26.7. The molecule has 1 N–H and O–H groups in total. The Bertz CT molecular complexity index is 1030. The Hall–Kier alpha value is -2.85. The van der Waals surface area contributed by atoms with Gasteiger partial charge in [-0.25, -0.2) is 0 Å². The van der Waals surface area contributed by atoms with E-state index in [1.165, 1.54) is 11.1 Å². The van der Waals surface area contributed by atoms with Gasteiger partial charge in [0.2, 0.25) is 0 Å². The van der Waals surface area contributed by atoms with Gasteiger partial charge in [0.15, 0.2) is 0 Å². The molecule has 0 amide bonds. The van der Waals surface area contributed by atoms with Crippen LogP contribution < -0.4 is 0 Å². The van der Waals surface area contributed by atoms with E-state index in [1.54, 1.807) is 11.8 Å². The van der Waals surface area contributed by atoms with Gasteiger partial charge in [-0.2, -0.15) is 5.11 Å². The van der Waals surface area contributed by atoms with E-state index in [0.29, 0.717) is 0 Å². The molecule has 0 unspecified atom stereocenters. The summed E-state index contributed by atoms with van der Waals surface area (Å²) in [6.07, 6.45) is 0. The van der Waals surface area contributed by atoms with Crippen LogP contribution in [-0.2, 0) is 5.75 Å². The Morgan fingerprint density at radius 1 is 0.808 bits per heavy atom. The number of hydrogen-bond donors (Lipinski definition) is 1. The Kier molecular flexibility index (Phi) is 4.84. The minimum absolute atomic E-state index is 0.854. The number of aryl methyl sites for hydroxylation is 1. The third-order valence-corrected chi connectivity index (χ3v) is 5.23. The number of nitrogens with one attached hydrogen (secondary N) is 1. The highest BCUT2D eigenvalue weighted by Crippen LogP contribution is 2.38. The number of para-hydroxylation sites is 1. The molecule has 0 aliphatic carbocycles. The van der Waals surface area contributed by atoms with Crippen molar-refractivity contribution in [2.75, 3.05) is 0 Å². The van der Waals surface area contributed by atoms with Gasteiger partial charge in [0.05, 0.1) is 5.69 Å². The summed E-state index contributed by atoms with van der Waals surface area (Å²) in [5.74, 6) is 0.890. The zero-order chi connectivity index (χ0) is 17.8. The third-order valence-electron chi connectivity index (χ3n) is 4.17. The van der Waals surface area contributed by atoms with Crippen LogP contribution in [0.15, 0.2) is 94.1 Å². The van der Waals surface area contributed by atoms with Crippen molar-refractivity contribution in [3.63, 3.8) is 0 Å². The van der Waals surface area contributed by atoms with E-state index in [-0.39, 0.29) is 0 Å². The van der Waals surface area contributed by atoms with Gasteiger partial charge in [0, 0.05) is 16.7 Å². The molecule has 0 aliphatic heterocycles. The first-order valence-corrected chi connectivity index (χ1v) is 9.54. The monoisotopic (exact) mass is 357 g/mol. The normalized spacial score (nSPS) is 11.4. The number of benzene rings is 3. The van der Waals surface area contributed by atoms with Crippen molar-refractivity contribution in [3.05, 3.63) is 90.0 Å². The van der Waals surface area contributed by atoms with Gasteiger partial charge in [-0.1, -0.05) is 66.2 Å². The van der Waals surface area contributed by atoms with Crippen LogP contribution in [0.3, 0.4) is 0 Å². The minimum Gasteiger partial charge on any atom is -0.348 e. The summed E-state index contributed by atoms with van der Waals surface area (Å²) >= 11 is 1.76. The molecule has 0 bridgehead atoms. The molecule has 0 spiro atoms. The summed E-state index contributed by atoms with van der Waals surface area (Å²) in [7, 11) is 0. The minimum atomic E-state index is 0.854.